The first-order chi connectivity index (χ1) is 10.1. The molecule has 1 aliphatic rings. The third-order valence-electron chi connectivity index (χ3n) is 4.70. The van der Waals surface area contributed by atoms with Gasteiger partial charge < -0.3 is 4.90 Å². The van der Waals surface area contributed by atoms with Gasteiger partial charge in [0, 0.05) is 30.9 Å². The number of rotatable bonds is 5. The lowest BCUT2D eigenvalue weighted by molar-refractivity contribution is -0.140. The lowest BCUT2D eigenvalue weighted by Gasteiger charge is -2.35. The van der Waals surface area contributed by atoms with E-state index in [0.29, 0.717) is 11.8 Å². The monoisotopic (exact) mass is 288 g/mol. The SMILES string of the molecule is CC1CCCCC1C(=O)N(CCc1cccnc1)C(C)C. The molecule has 0 aliphatic heterocycles. The molecule has 2 unspecified atom stereocenters. The molecule has 1 aromatic heterocycles. The molecule has 116 valence electrons. The van der Waals surface area contributed by atoms with Crippen molar-refractivity contribution in [3.05, 3.63) is 30.1 Å². The van der Waals surface area contributed by atoms with Crippen LogP contribution in [-0.2, 0) is 11.2 Å². The third-order valence-corrected chi connectivity index (χ3v) is 4.70. The normalized spacial score (nSPS) is 22.3. The van der Waals surface area contributed by atoms with E-state index in [2.05, 4.69) is 36.7 Å². The van der Waals surface area contributed by atoms with Gasteiger partial charge in [-0.2, -0.15) is 0 Å². The highest BCUT2D eigenvalue weighted by atomic mass is 16.2. The zero-order chi connectivity index (χ0) is 15.2. The van der Waals surface area contributed by atoms with Gasteiger partial charge in [-0.05, 0) is 50.7 Å². The van der Waals surface area contributed by atoms with Gasteiger partial charge in [-0.1, -0.05) is 25.8 Å². The highest BCUT2D eigenvalue weighted by Gasteiger charge is 2.31. The molecule has 21 heavy (non-hydrogen) atoms. The fourth-order valence-electron chi connectivity index (χ4n) is 3.31. The van der Waals surface area contributed by atoms with Crippen LogP contribution in [0.25, 0.3) is 0 Å². The largest absolute Gasteiger partial charge is 0.340 e. The zero-order valence-electron chi connectivity index (χ0n) is 13.6. The van der Waals surface area contributed by atoms with E-state index < -0.39 is 0 Å². The Kier molecular flexibility index (Phi) is 5.77. The molecule has 1 aliphatic carbocycles. The average Bonchev–Trinajstić information content (AvgIpc) is 2.48. The van der Waals surface area contributed by atoms with Crippen LogP contribution >= 0.6 is 0 Å². The minimum absolute atomic E-state index is 0.232. The van der Waals surface area contributed by atoms with Crippen molar-refractivity contribution in [3.8, 4) is 0 Å². The fraction of sp³-hybridized carbons (Fsp3) is 0.667. The van der Waals surface area contributed by atoms with Crippen molar-refractivity contribution in [1.29, 1.82) is 0 Å². The van der Waals surface area contributed by atoms with Crippen LogP contribution < -0.4 is 0 Å². The molecular weight excluding hydrogens is 260 g/mol. The maximum atomic E-state index is 12.9. The van der Waals surface area contributed by atoms with Crippen LogP contribution in [0.2, 0.25) is 0 Å². The van der Waals surface area contributed by atoms with Gasteiger partial charge in [0.1, 0.15) is 0 Å². The third kappa shape index (κ3) is 4.29. The van der Waals surface area contributed by atoms with Gasteiger partial charge in [-0.25, -0.2) is 0 Å². The molecular formula is C18H28N2O. The minimum Gasteiger partial charge on any atom is -0.340 e. The van der Waals surface area contributed by atoms with Crippen LogP contribution in [0.15, 0.2) is 24.5 Å². The van der Waals surface area contributed by atoms with Gasteiger partial charge in [0.15, 0.2) is 0 Å². The second-order valence-corrected chi connectivity index (χ2v) is 6.60. The first kappa shape index (κ1) is 16.0. The van der Waals surface area contributed by atoms with E-state index >= 15 is 0 Å². The van der Waals surface area contributed by atoms with Gasteiger partial charge in [0.2, 0.25) is 5.91 Å². The Morgan fingerprint density at radius 3 is 2.76 bits per heavy atom. The molecule has 3 nitrogen and oxygen atoms in total. The summed E-state index contributed by atoms with van der Waals surface area (Å²) < 4.78 is 0. The molecule has 0 spiro atoms. The molecule has 1 fully saturated rings. The summed E-state index contributed by atoms with van der Waals surface area (Å²) in [4.78, 5) is 19.1. The van der Waals surface area contributed by atoms with E-state index in [1.165, 1.54) is 24.8 Å². The number of carbonyl (C=O) groups is 1. The van der Waals surface area contributed by atoms with Crippen LogP contribution in [0.1, 0.15) is 52.0 Å². The van der Waals surface area contributed by atoms with Crippen molar-refractivity contribution in [1.82, 2.24) is 9.88 Å². The number of nitrogens with zero attached hydrogens (tertiary/aromatic N) is 2. The molecule has 1 amide bonds. The van der Waals surface area contributed by atoms with Crippen molar-refractivity contribution < 1.29 is 4.79 Å². The first-order valence-corrected chi connectivity index (χ1v) is 8.29. The molecule has 3 heteroatoms. The minimum atomic E-state index is 0.232. The molecule has 1 aromatic rings. The van der Waals surface area contributed by atoms with Crippen LogP contribution in [0, 0.1) is 11.8 Å². The number of aromatic nitrogens is 1. The summed E-state index contributed by atoms with van der Waals surface area (Å²) in [5.74, 6) is 1.13. The Balaban J connectivity index is 1.99. The fourth-order valence-corrected chi connectivity index (χ4v) is 3.31. The summed E-state index contributed by atoms with van der Waals surface area (Å²) in [6.45, 7) is 7.27. The summed E-state index contributed by atoms with van der Waals surface area (Å²) in [5, 5.41) is 0. The highest BCUT2D eigenvalue weighted by molar-refractivity contribution is 5.79. The van der Waals surface area contributed by atoms with E-state index in [9.17, 15) is 4.79 Å². The molecule has 0 aromatic carbocycles. The topological polar surface area (TPSA) is 33.2 Å². The molecule has 0 saturated heterocycles. The summed E-state index contributed by atoms with van der Waals surface area (Å²) in [7, 11) is 0. The highest BCUT2D eigenvalue weighted by Crippen LogP contribution is 2.31. The second kappa shape index (κ2) is 7.58. The van der Waals surface area contributed by atoms with Crippen molar-refractivity contribution in [2.45, 2.75) is 58.9 Å². The average molecular weight is 288 g/mol. The first-order valence-electron chi connectivity index (χ1n) is 8.29. The van der Waals surface area contributed by atoms with Gasteiger partial charge >= 0.3 is 0 Å². The number of amides is 1. The maximum Gasteiger partial charge on any atom is 0.226 e. The van der Waals surface area contributed by atoms with E-state index in [-0.39, 0.29) is 12.0 Å². The molecule has 2 rings (SSSR count). The van der Waals surface area contributed by atoms with Gasteiger partial charge in [0.25, 0.3) is 0 Å². The summed E-state index contributed by atoms with van der Waals surface area (Å²) >= 11 is 0. The quantitative estimate of drug-likeness (QED) is 0.828. The molecule has 1 heterocycles. The second-order valence-electron chi connectivity index (χ2n) is 6.60. The lowest BCUT2D eigenvalue weighted by Crippen LogP contribution is -2.44. The Bertz CT molecular complexity index is 444. The summed E-state index contributed by atoms with van der Waals surface area (Å²) in [6.07, 6.45) is 9.32. The van der Waals surface area contributed by atoms with E-state index in [1.807, 2.05) is 12.3 Å². The maximum absolute atomic E-state index is 12.9. The number of hydrogen-bond donors (Lipinski definition) is 0. The molecule has 0 N–H and O–H groups in total. The van der Waals surface area contributed by atoms with Crippen molar-refractivity contribution in [3.63, 3.8) is 0 Å². The van der Waals surface area contributed by atoms with Gasteiger partial charge in [0.05, 0.1) is 0 Å². The predicted molar refractivity (Wildman–Crippen MR) is 85.9 cm³/mol. The van der Waals surface area contributed by atoms with Crippen molar-refractivity contribution in [2.24, 2.45) is 11.8 Å². The van der Waals surface area contributed by atoms with Crippen molar-refractivity contribution >= 4 is 5.91 Å². The Labute approximate surface area is 128 Å². The predicted octanol–water partition coefficient (Wildman–Crippen LogP) is 3.69. The molecule has 0 radical (unpaired) electrons. The van der Waals surface area contributed by atoms with Crippen LogP contribution in [0.3, 0.4) is 0 Å². The van der Waals surface area contributed by atoms with E-state index in [1.54, 1.807) is 6.20 Å². The summed E-state index contributed by atoms with van der Waals surface area (Å²) in [6, 6.07) is 4.31. The molecule has 1 saturated carbocycles. The molecule has 0 bridgehead atoms. The number of hydrogen-bond acceptors (Lipinski definition) is 2. The molecule has 2 atom stereocenters. The standard InChI is InChI=1S/C18H28N2O/c1-14(2)20(12-10-16-8-6-11-19-13-16)18(21)17-9-5-4-7-15(17)3/h6,8,11,13-15,17H,4-5,7,9-10,12H2,1-3H3. The van der Waals surface area contributed by atoms with E-state index in [4.69, 9.17) is 0 Å². The van der Waals surface area contributed by atoms with Gasteiger partial charge in [-0.3, -0.25) is 9.78 Å². The van der Waals surface area contributed by atoms with Gasteiger partial charge in [-0.15, -0.1) is 0 Å². The lowest BCUT2D eigenvalue weighted by atomic mass is 9.79. The Morgan fingerprint density at radius 1 is 1.38 bits per heavy atom. The number of carbonyl (C=O) groups excluding carboxylic acids is 1. The van der Waals surface area contributed by atoms with Crippen LogP contribution in [0.4, 0.5) is 0 Å². The van der Waals surface area contributed by atoms with Crippen LogP contribution in [-0.4, -0.2) is 28.4 Å². The Morgan fingerprint density at radius 2 is 2.14 bits per heavy atom. The van der Waals surface area contributed by atoms with Crippen LogP contribution in [0.5, 0.6) is 0 Å². The smallest absolute Gasteiger partial charge is 0.226 e. The zero-order valence-corrected chi connectivity index (χ0v) is 13.6. The Hall–Kier alpha value is -1.38. The van der Waals surface area contributed by atoms with E-state index in [0.717, 1.165) is 19.4 Å². The number of pyridine rings is 1. The summed E-state index contributed by atoms with van der Waals surface area (Å²) in [5.41, 5.74) is 1.20. The van der Waals surface area contributed by atoms with Crippen molar-refractivity contribution in [2.75, 3.05) is 6.54 Å².